The van der Waals surface area contributed by atoms with E-state index in [0.717, 1.165) is 32.6 Å². The van der Waals surface area contributed by atoms with Crippen LogP contribution in [0.3, 0.4) is 0 Å². The molecule has 1 fully saturated rings. The normalized spacial score (nSPS) is 17.9. The molecule has 5 heteroatoms. The molecule has 5 nitrogen and oxygen atoms in total. The van der Waals surface area contributed by atoms with Crippen LogP contribution in [0, 0.1) is 5.92 Å². The highest BCUT2D eigenvalue weighted by molar-refractivity contribution is 5.30. The standard InChI is InChI=1S/C10H15N3O2/c11-9-6-13(7-12-10(9)14)5-8-1-3-15-4-2-8/h6-8H,1-5,11H2. The Bertz CT molecular complexity index is 382. The van der Waals surface area contributed by atoms with Crippen molar-refractivity contribution in [1.82, 2.24) is 9.55 Å². The maximum atomic E-state index is 11.0. The molecule has 1 aliphatic rings. The second-order valence-corrected chi connectivity index (χ2v) is 3.89. The molecule has 0 amide bonds. The zero-order chi connectivity index (χ0) is 10.7. The molecule has 2 rings (SSSR count). The summed E-state index contributed by atoms with van der Waals surface area (Å²) in [4.78, 5) is 14.7. The molecule has 1 aromatic rings. The molecule has 15 heavy (non-hydrogen) atoms. The lowest BCUT2D eigenvalue weighted by Gasteiger charge is -2.22. The Kier molecular flexibility index (Phi) is 3.01. The molecule has 0 saturated carbocycles. The number of aromatic nitrogens is 2. The van der Waals surface area contributed by atoms with Crippen molar-refractivity contribution in [3.05, 3.63) is 22.9 Å². The monoisotopic (exact) mass is 209 g/mol. The summed E-state index contributed by atoms with van der Waals surface area (Å²) in [6.45, 7) is 2.52. The van der Waals surface area contributed by atoms with Crippen LogP contribution in [0.1, 0.15) is 12.8 Å². The number of nitrogens with zero attached hydrogens (tertiary/aromatic N) is 2. The van der Waals surface area contributed by atoms with E-state index in [4.69, 9.17) is 10.5 Å². The number of rotatable bonds is 2. The van der Waals surface area contributed by atoms with Crippen LogP contribution in [-0.2, 0) is 11.3 Å². The highest BCUT2D eigenvalue weighted by Crippen LogP contribution is 2.16. The molecule has 82 valence electrons. The fourth-order valence-corrected chi connectivity index (χ4v) is 1.80. The van der Waals surface area contributed by atoms with Gasteiger partial charge in [-0.1, -0.05) is 0 Å². The van der Waals surface area contributed by atoms with Gasteiger partial charge < -0.3 is 15.0 Å². The molecule has 2 N–H and O–H groups in total. The summed E-state index contributed by atoms with van der Waals surface area (Å²) < 4.78 is 7.16. The molecule has 2 heterocycles. The van der Waals surface area contributed by atoms with Gasteiger partial charge in [-0.2, -0.15) is 4.98 Å². The number of nitrogens with two attached hydrogens (primary N) is 1. The smallest absolute Gasteiger partial charge is 0.295 e. The number of ether oxygens (including phenoxy) is 1. The lowest BCUT2D eigenvalue weighted by molar-refractivity contribution is 0.0611. The van der Waals surface area contributed by atoms with E-state index < -0.39 is 0 Å². The minimum Gasteiger partial charge on any atom is -0.393 e. The van der Waals surface area contributed by atoms with Crippen LogP contribution < -0.4 is 11.3 Å². The van der Waals surface area contributed by atoms with Crippen molar-refractivity contribution in [2.75, 3.05) is 18.9 Å². The summed E-state index contributed by atoms with van der Waals surface area (Å²) in [5, 5.41) is 0. The number of hydrogen-bond acceptors (Lipinski definition) is 4. The van der Waals surface area contributed by atoms with E-state index in [1.54, 1.807) is 12.5 Å². The molecular weight excluding hydrogens is 194 g/mol. The maximum Gasteiger partial charge on any atom is 0.295 e. The van der Waals surface area contributed by atoms with E-state index in [1.807, 2.05) is 4.57 Å². The van der Waals surface area contributed by atoms with Crippen LogP contribution in [0.5, 0.6) is 0 Å². The molecule has 0 radical (unpaired) electrons. The average molecular weight is 209 g/mol. The molecule has 1 aromatic heterocycles. The highest BCUT2D eigenvalue weighted by atomic mass is 16.5. The van der Waals surface area contributed by atoms with Gasteiger partial charge >= 0.3 is 0 Å². The van der Waals surface area contributed by atoms with Crippen LogP contribution in [0.2, 0.25) is 0 Å². The quantitative estimate of drug-likeness (QED) is 0.758. The second kappa shape index (κ2) is 4.44. The second-order valence-electron chi connectivity index (χ2n) is 3.89. The van der Waals surface area contributed by atoms with Crippen molar-refractivity contribution in [1.29, 1.82) is 0 Å². The zero-order valence-electron chi connectivity index (χ0n) is 8.56. The van der Waals surface area contributed by atoms with Crippen molar-refractivity contribution >= 4 is 5.69 Å². The highest BCUT2D eigenvalue weighted by Gasteiger charge is 2.13. The fourth-order valence-electron chi connectivity index (χ4n) is 1.80. The molecule has 0 unspecified atom stereocenters. The number of nitrogen functional groups attached to an aromatic ring is 1. The van der Waals surface area contributed by atoms with Gasteiger partial charge in [0.25, 0.3) is 5.56 Å². The maximum absolute atomic E-state index is 11.0. The first-order valence-corrected chi connectivity index (χ1v) is 5.15. The Morgan fingerprint density at radius 3 is 2.93 bits per heavy atom. The van der Waals surface area contributed by atoms with Crippen molar-refractivity contribution in [3.63, 3.8) is 0 Å². The third-order valence-corrected chi connectivity index (χ3v) is 2.69. The van der Waals surface area contributed by atoms with E-state index in [1.165, 1.54) is 0 Å². The van der Waals surface area contributed by atoms with Crippen LogP contribution in [-0.4, -0.2) is 22.8 Å². The summed E-state index contributed by atoms with van der Waals surface area (Å²) in [6.07, 6.45) is 5.33. The molecule has 0 aromatic carbocycles. The SMILES string of the molecule is Nc1cn(CC2CCOCC2)cnc1=O. The summed E-state index contributed by atoms with van der Waals surface area (Å²) >= 11 is 0. The van der Waals surface area contributed by atoms with Gasteiger partial charge in [-0.05, 0) is 18.8 Å². The fraction of sp³-hybridized carbons (Fsp3) is 0.600. The first kappa shape index (κ1) is 10.2. The first-order chi connectivity index (χ1) is 7.25. The minimum atomic E-state index is -0.349. The van der Waals surface area contributed by atoms with Gasteiger partial charge in [-0.3, -0.25) is 4.79 Å². The Morgan fingerprint density at radius 1 is 1.53 bits per heavy atom. The van der Waals surface area contributed by atoms with Gasteiger partial charge in [0.05, 0.1) is 6.33 Å². The van der Waals surface area contributed by atoms with Crippen LogP contribution in [0.4, 0.5) is 5.69 Å². The van der Waals surface area contributed by atoms with E-state index in [9.17, 15) is 4.79 Å². The summed E-state index contributed by atoms with van der Waals surface area (Å²) in [5.74, 6) is 0.599. The summed E-state index contributed by atoms with van der Waals surface area (Å²) in [6, 6.07) is 0. The largest absolute Gasteiger partial charge is 0.393 e. The minimum absolute atomic E-state index is 0.213. The molecule has 0 bridgehead atoms. The molecular formula is C10H15N3O2. The predicted molar refractivity (Wildman–Crippen MR) is 56.5 cm³/mol. The van der Waals surface area contributed by atoms with Gasteiger partial charge in [-0.15, -0.1) is 0 Å². The molecule has 1 saturated heterocycles. The Labute approximate surface area is 87.9 Å². The summed E-state index contributed by atoms with van der Waals surface area (Å²) in [7, 11) is 0. The lowest BCUT2D eigenvalue weighted by atomic mass is 10.0. The molecule has 0 atom stereocenters. The predicted octanol–water partition coefficient (Wildman–Crippen LogP) is 0.252. The first-order valence-electron chi connectivity index (χ1n) is 5.15. The van der Waals surface area contributed by atoms with Crippen LogP contribution >= 0.6 is 0 Å². The lowest BCUT2D eigenvalue weighted by Crippen LogP contribution is -2.22. The number of hydrogen-bond donors (Lipinski definition) is 1. The summed E-state index contributed by atoms with van der Waals surface area (Å²) in [5.41, 5.74) is 5.37. The van der Waals surface area contributed by atoms with E-state index in [2.05, 4.69) is 4.98 Å². The zero-order valence-corrected chi connectivity index (χ0v) is 8.56. The third kappa shape index (κ3) is 2.56. The Morgan fingerprint density at radius 2 is 2.27 bits per heavy atom. The number of anilines is 1. The van der Waals surface area contributed by atoms with Gasteiger partial charge in [0.2, 0.25) is 0 Å². The Hall–Kier alpha value is -1.36. The van der Waals surface area contributed by atoms with Crippen LogP contribution in [0.25, 0.3) is 0 Å². The topological polar surface area (TPSA) is 70.1 Å². The van der Waals surface area contributed by atoms with E-state index >= 15 is 0 Å². The van der Waals surface area contributed by atoms with Crippen molar-refractivity contribution in [2.24, 2.45) is 5.92 Å². The van der Waals surface area contributed by atoms with Crippen molar-refractivity contribution in [3.8, 4) is 0 Å². The van der Waals surface area contributed by atoms with Crippen molar-refractivity contribution < 1.29 is 4.74 Å². The molecule has 0 spiro atoms. The van der Waals surface area contributed by atoms with Crippen molar-refractivity contribution in [2.45, 2.75) is 19.4 Å². The molecule has 0 aliphatic carbocycles. The van der Waals surface area contributed by atoms with E-state index in [0.29, 0.717) is 5.92 Å². The van der Waals surface area contributed by atoms with Gasteiger partial charge in [0, 0.05) is 26.0 Å². The third-order valence-electron chi connectivity index (χ3n) is 2.69. The van der Waals surface area contributed by atoms with Crippen LogP contribution in [0.15, 0.2) is 17.3 Å². The van der Waals surface area contributed by atoms with Gasteiger partial charge in [0.1, 0.15) is 5.69 Å². The Balaban J connectivity index is 2.03. The average Bonchev–Trinajstić information content (AvgIpc) is 2.25. The van der Waals surface area contributed by atoms with Gasteiger partial charge in [0.15, 0.2) is 0 Å². The van der Waals surface area contributed by atoms with E-state index in [-0.39, 0.29) is 11.2 Å². The molecule has 1 aliphatic heterocycles. The van der Waals surface area contributed by atoms with Gasteiger partial charge in [-0.25, -0.2) is 0 Å².